The first-order valence-corrected chi connectivity index (χ1v) is 7.29. The number of nitrogens with zero attached hydrogens (tertiary/aromatic N) is 1. The standard InChI is InChI=1S/C15H20ClN3O/c1-4-6-13(17-3)15-11-9-10(16)7-8-12(11)18-14(5-2)19(15)20/h6-9,14,17,20H,4-5H2,1-3H3/p+1/b13-6-. The van der Waals surface area contributed by atoms with E-state index in [1.54, 1.807) is 0 Å². The number of anilines is 1. The number of hydroxylamine groups is 1. The summed E-state index contributed by atoms with van der Waals surface area (Å²) in [6, 6.07) is 5.68. The molecule has 4 nitrogen and oxygen atoms in total. The summed E-state index contributed by atoms with van der Waals surface area (Å²) >= 11 is 6.10. The summed E-state index contributed by atoms with van der Waals surface area (Å²) in [7, 11) is 1.86. The molecule has 1 aliphatic rings. The first kappa shape index (κ1) is 14.7. The second kappa shape index (κ2) is 6.18. The summed E-state index contributed by atoms with van der Waals surface area (Å²) < 4.78 is 1.29. The van der Waals surface area contributed by atoms with Crippen molar-refractivity contribution < 1.29 is 9.95 Å². The van der Waals surface area contributed by atoms with E-state index in [1.165, 1.54) is 4.74 Å². The van der Waals surface area contributed by atoms with Crippen LogP contribution in [-0.2, 0) is 0 Å². The van der Waals surface area contributed by atoms with Gasteiger partial charge in [0.1, 0.15) is 5.70 Å². The Bertz CT molecular complexity index is 566. The van der Waals surface area contributed by atoms with Crippen molar-refractivity contribution in [1.29, 1.82) is 0 Å². The van der Waals surface area contributed by atoms with Gasteiger partial charge in [0, 0.05) is 23.2 Å². The Morgan fingerprint density at radius 2 is 2.25 bits per heavy atom. The van der Waals surface area contributed by atoms with Gasteiger partial charge in [-0.05, 0) is 24.6 Å². The summed E-state index contributed by atoms with van der Waals surface area (Å²) in [6.45, 7) is 4.10. The molecule has 1 heterocycles. The summed E-state index contributed by atoms with van der Waals surface area (Å²) in [4.78, 5) is 0. The first-order valence-electron chi connectivity index (χ1n) is 6.92. The highest BCUT2D eigenvalue weighted by molar-refractivity contribution is 6.31. The highest BCUT2D eigenvalue weighted by atomic mass is 35.5. The Labute approximate surface area is 124 Å². The molecule has 1 aromatic carbocycles. The summed E-state index contributed by atoms with van der Waals surface area (Å²) in [5.74, 6) is 0. The molecule has 0 aromatic heterocycles. The van der Waals surface area contributed by atoms with Gasteiger partial charge in [-0.3, -0.25) is 5.21 Å². The molecule has 1 atom stereocenters. The molecule has 0 saturated carbocycles. The molecular weight excluding hydrogens is 274 g/mol. The van der Waals surface area contributed by atoms with Gasteiger partial charge < -0.3 is 10.6 Å². The molecule has 0 saturated heterocycles. The molecule has 1 unspecified atom stereocenters. The molecular formula is C15H21ClN3O+. The van der Waals surface area contributed by atoms with Gasteiger partial charge in [-0.15, -0.1) is 0 Å². The maximum Gasteiger partial charge on any atom is 0.285 e. The van der Waals surface area contributed by atoms with Gasteiger partial charge in [0.05, 0.1) is 11.3 Å². The molecule has 5 heteroatoms. The molecule has 1 aromatic rings. The minimum absolute atomic E-state index is 0.146. The lowest BCUT2D eigenvalue weighted by atomic mass is 10.0. The van der Waals surface area contributed by atoms with Crippen LogP contribution in [0.5, 0.6) is 0 Å². The second-order valence-corrected chi connectivity index (χ2v) is 5.16. The van der Waals surface area contributed by atoms with Crippen LogP contribution >= 0.6 is 11.6 Å². The molecule has 0 amide bonds. The fourth-order valence-corrected chi connectivity index (χ4v) is 2.60. The van der Waals surface area contributed by atoms with Crippen LogP contribution in [-0.4, -0.2) is 28.9 Å². The van der Waals surface area contributed by atoms with E-state index in [9.17, 15) is 5.21 Å². The topological polar surface area (TPSA) is 47.3 Å². The van der Waals surface area contributed by atoms with Crippen molar-refractivity contribution in [3.63, 3.8) is 0 Å². The van der Waals surface area contributed by atoms with Gasteiger partial charge in [-0.2, -0.15) is 0 Å². The molecule has 0 radical (unpaired) electrons. The molecule has 0 bridgehead atoms. The molecule has 108 valence electrons. The fraction of sp³-hybridized carbons (Fsp3) is 0.400. The number of likely N-dealkylation sites (N-methyl/N-ethyl adjacent to an activating group) is 1. The smallest absolute Gasteiger partial charge is 0.285 e. The van der Waals surface area contributed by atoms with E-state index < -0.39 is 0 Å². The van der Waals surface area contributed by atoms with E-state index in [1.807, 2.05) is 32.2 Å². The average molecular weight is 295 g/mol. The third-order valence-electron chi connectivity index (χ3n) is 3.40. The van der Waals surface area contributed by atoms with Crippen LogP contribution in [0.2, 0.25) is 5.02 Å². The number of allylic oxidation sites excluding steroid dienone is 2. The Hall–Kier alpha value is -1.68. The maximum atomic E-state index is 10.5. The van der Waals surface area contributed by atoms with Gasteiger partial charge in [0.2, 0.25) is 0 Å². The summed E-state index contributed by atoms with van der Waals surface area (Å²) in [5.41, 5.74) is 3.55. The number of rotatable bonds is 4. The van der Waals surface area contributed by atoms with Gasteiger partial charge in [0.15, 0.2) is 0 Å². The van der Waals surface area contributed by atoms with E-state index in [2.05, 4.69) is 23.6 Å². The molecule has 2 rings (SSSR count). The van der Waals surface area contributed by atoms with Crippen molar-refractivity contribution in [3.05, 3.63) is 40.6 Å². The monoisotopic (exact) mass is 294 g/mol. The van der Waals surface area contributed by atoms with Crippen molar-refractivity contribution in [1.82, 2.24) is 5.32 Å². The number of nitrogens with one attached hydrogen (secondary N) is 2. The van der Waals surface area contributed by atoms with Crippen molar-refractivity contribution in [2.75, 3.05) is 12.4 Å². The summed E-state index contributed by atoms with van der Waals surface area (Å²) in [6.07, 6.45) is 3.58. The van der Waals surface area contributed by atoms with E-state index >= 15 is 0 Å². The zero-order valence-corrected chi connectivity index (χ0v) is 12.8. The number of hydrogen-bond acceptors (Lipinski definition) is 3. The highest BCUT2D eigenvalue weighted by Gasteiger charge is 2.35. The van der Waals surface area contributed by atoms with Crippen LogP contribution in [0.3, 0.4) is 0 Å². The predicted octanol–water partition coefficient (Wildman–Crippen LogP) is 3.21. The van der Waals surface area contributed by atoms with Gasteiger partial charge in [-0.1, -0.05) is 31.5 Å². The molecule has 3 N–H and O–H groups in total. The lowest BCUT2D eigenvalue weighted by Gasteiger charge is -2.23. The van der Waals surface area contributed by atoms with E-state index in [4.69, 9.17) is 11.6 Å². The van der Waals surface area contributed by atoms with Crippen LogP contribution in [0.1, 0.15) is 32.3 Å². The number of fused-ring (bicyclic) bond motifs is 1. The fourth-order valence-electron chi connectivity index (χ4n) is 2.42. The number of hydrogen-bond donors (Lipinski definition) is 3. The van der Waals surface area contributed by atoms with Crippen molar-refractivity contribution in [2.45, 2.75) is 32.9 Å². The third kappa shape index (κ3) is 2.61. The maximum absolute atomic E-state index is 10.5. The second-order valence-electron chi connectivity index (χ2n) is 4.73. The van der Waals surface area contributed by atoms with Crippen LogP contribution in [0.25, 0.3) is 0 Å². The average Bonchev–Trinajstić information content (AvgIpc) is 2.45. The lowest BCUT2D eigenvalue weighted by molar-refractivity contribution is -0.795. The lowest BCUT2D eigenvalue weighted by Crippen LogP contribution is -2.42. The minimum atomic E-state index is -0.146. The van der Waals surface area contributed by atoms with Crippen molar-refractivity contribution in [2.24, 2.45) is 0 Å². The summed E-state index contributed by atoms with van der Waals surface area (Å²) in [5, 5.41) is 17.6. The molecule has 0 spiro atoms. The van der Waals surface area contributed by atoms with Crippen molar-refractivity contribution in [3.8, 4) is 0 Å². The van der Waals surface area contributed by atoms with E-state index in [0.717, 1.165) is 35.5 Å². The van der Waals surface area contributed by atoms with Crippen LogP contribution in [0, 0.1) is 0 Å². The number of halogens is 1. The highest BCUT2D eigenvalue weighted by Crippen LogP contribution is 2.28. The Morgan fingerprint density at radius 3 is 2.85 bits per heavy atom. The van der Waals surface area contributed by atoms with Crippen LogP contribution < -0.4 is 10.6 Å². The van der Waals surface area contributed by atoms with E-state index in [0.29, 0.717) is 5.02 Å². The molecule has 1 aliphatic heterocycles. The molecule has 20 heavy (non-hydrogen) atoms. The SMILES string of the molecule is CC/C=C(\NC)C1=[N+](O)C(CC)Nc2ccc(Cl)cc21. The predicted molar refractivity (Wildman–Crippen MR) is 82.7 cm³/mol. The first-order chi connectivity index (χ1) is 9.62. The Balaban J connectivity index is 2.64. The molecule has 0 fully saturated rings. The van der Waals surface area contributed by atoms with Gasteiger partial charge >= 0.3 is 0 Å². The number of benzene rings is 1. The Kier molecular flexibility index (Phi) is 4.55. The van der Waals surface area contributed by atoms with Gasteiger partial charge in [-0.25, -0.2) is 0 Å². The minimum Gasteiger partial charge on any atom is -0.383 e. The van der Waals surface area contributed by atoms with Crippen LogP contribution in [0.15, 0.2) is 30.0 Å². The normalized spacial score (nSPS) is 18.6. The zero-order valence-electron chi connectivity index (χ0n) is 12.1. The van der Waals surface area contributed by atoms with Crippen molar-refractivity contribution >= 4 is 23.0 Å². The van der Waals surface area contributed by atoms with E-state index in [-0.39, 0.29) is 6.17 Å². The Morgan fingerprint density at radius 1 is 1.50 bits per heavy atom. The zero-order chi connectivity index (χ0) is 14.7. The third-order valence-corrected chi connectivity index (χ3v) is 3.64. The largest absolute Gasteiger partial charge is 0.383 e. The van der Waals surface area contributed by atoms with Gasteiger partial charge in [0.25, 0.3) is 11.9 Å². The molecule has 0 aliphatic carbocycles. The quantitative estimate of drug-likeness (QED) is 0.590. The van der Waals surface area contributed by atoms with Crippen LogP contribution in [0.4, 0.5) is 5.69 Å².